The number of para-hydroxylation sites is 1. The summed E-state index contributed by atoms with van der Waals surface area (Å²) in [6.07, 6.45) is 1.96. The van der Waals surface area contributed by atoms with Crippen molar-refractivity contribution in [3.63, 3.8) is 0 Å². The number of aromatic nitrogens is 2. The van der Waals surface area contributed by atoms with Gasteiger partial charge in [0.2, 0.25) is 11.8 Å². The molecule has 0 radical (unpaired) electrons. The third kappa shape index (κ3) is 4.42. The Morgan fingerprint density at radius 1 is 1.25 bits per heavy atom. The minimum Gasteiger partial charge on any atom is -0.355 e. The van der Waals surface area contributed by atoms with Crippen molar-refractivity contribution < 1.29 is 9.59 Å². The first-order chi connectivity index (χ1) is 13.5. The molecule has 0 aliphatic carbocycles. The van der Waals surface area contributed by atoms with Gasteiger partial charge in [0.15, 0.2) is 0 Å². The molecular weight excluding hydrogens is 354 g/mol. The molecule has 0 bridgehead atoms. The van der Waals surface area contributed by atoms with Gasteiger partial charge in [0.05, 0.1) is 23.7 Å². The fraction of sp³-hybridized carbons (Fsp3) is 0.476. The van der Waals surface area contributed by atoms with Crippen LogP contribution in [0.25, 0.3) is 5.69 Å². The Bertz CT molecular complexity index is 831. The molecule has 1 aromatic heterocycles. The summed E-state index contributed by atoms with van der Waals surface area (Å²) in [7, 11) is 0. The predicted octanol–water partition coefficient (Wildman–Crippen LogP) is 1.35. The summed E-state index contributed by atoms with van der Waals surface area (Å²) in [6.45, 7) is 6.00. The number of nitrogens with two attached hydrogens (primary N) is 1. The fourth-order valence-electron chi connectivity index (χ4n) is 3.77. The number of nitrogens with zero attached hydrogens (tertiary/aromatic N) is 3. The Balaban J connectivity index is 1.69. The van der Waals surface area contributed by atoms with Crippen molar-refractivity contribution in [2.75, 3.05) is 26.2 Å². The summed E-state index contributed by atoms with van der Waals surface area (Å²) in [4.78, 5) is 27.0. The number of carbonyl (C=O) groups excluding carboxylic acids is 2. The maximum atomic E-state index is 12.9. The van der Waals surface area contributed by atoms with Gasteiger partial charge in [-0.2, -0.15) is 5.10 Å². The van der Waals surface area contributed by atoms with Crippen molar-refractivity contribution in [1.29, 1.82) is 0 Å². The summed E-state index contributed by atoms with van der Waals surface area (Å²) in [5.74, 6) is -0.110. The molecule has 7 heteroatoms. The highest BCUT2D eigenvalue weighted by atomic mass is 16.2. The van der Waals surface area contributed by atoms with Crippen LogP contribution in [-0.2, 0) is 16.0 Å². The van der Waals surface area contributed by atoms with E-state index in [1.807, 2.05) is 53.8 Å². The molecule has 2 heterocycles. The number of hydrogen-bond acceptors (Lipinski definition) is 4. The Kier molecular flexibility index (Phi) is 6.46. The number of likely N-dealkylation sites (tertiary alicyclic amines) is 1. The van der Waals surface area contributed by atoms with Crippen LogP contribution in [0.2, 0.25) is 0 Å². The lowest BCUT2D eigenvalue weighted by Gasteiger charge is -2.32. The van der Waals surface area contributed by atoms with E-state index in [1.165, 1.54) is 0 Å². The van der Waals surface area contributed by atoms with Crippen LogP contribution >= 0.6 is 0 Å². The van der Waals surface area contributed by atoms with Crippen molar-refractivity contribution in [3.05, 3.63) is 47.3 Å². The molecule has 1 aromatic carbocycles. The molecule has 1 aliphatic heterocycles. The summed E-state index contributed by atoms with van der Waals surface area (Å²) in [5.41, 5.74) is 9.24. The average molecular weight is 383 g/mol. The smallest absolute Gasteiger partial charge is 0.227 e. The van der Waals surface area contributed by atoms with E-state index in [-0.39, 0.29) is 17.7 Å². The van der Waals surface area contributed by atoms with Gasteiger partial charge >= 0.3 is 0 Å². The molecular formula is C21H29N5O2. The van der Waals surface area contributed by atoms with Gasteiger partial charge in [0.1, 0.15) is 0 Å². The van der Waals surface area contributed by atoms with Crippen LogP contribution in [0.15, 0.2) is 30.3 Å². The minimum atomic E-state index is -0.154. The second-order valence-corrected chi connectivity index (χ2v) is 7.33. The van der Waals surface area contributed by atoms with E-state index in [2.05, 4.69) is 10.4 Å². The molecule has 1 saturated heterocycles. The van der Waals surface area contributed by atoms with Crippen LogP contribution in [0, 0.1) is 19.8 Å². The molecule has 2 aromatic rings. The Morgan fingerprint density at radius 3 is 2.71 bits per heavy atom. The maximum Gasteiger partial charge on any atom is 0.227 e. The summed E-state index contributed by atoms with van der Waals surface area (Å²) in [5, 5.41) is 7.46. The van der Waals surface area contributed by atoms with E-state index in [4.69, 9.17) is 5.73 Å². The molecule has 1 aliphatic rings. The highest BCUT2D eigenvalue weighted by Crippen LogP contribution is 2.21. The first-order valence-electron chi connectivity index (χ1n) is 9.87. The summed E-state index contributed by atoms with van der Waals surface area (Å²) >= 11 is 0. The number of amides is 2. The van der Waals surface area contributed by atoms with E-state index >= 15 is 0 Å². The van der Waals surface area contributed by atoms with Gasteiger partial charge in [0, 0.05) is 37.4 Å². The lowest BCUT2D eigenvalue weighted by atomic mass is 9.96. The number of aryl methyl sites for hydroxylation is 1. The average Bonchev–Trinajstić information content (AvgIpc) is 3.01. The maximum absolute atomic E-state index is 12.9. The van der Waals surface area contributed by atoms with E-state index in [0.29, 0.717) is 32.6 Å². The van der Waals surface area contributed by atoms with Crippen LogP contribution < -0.4 is 11.1 Å². The number of rotatable bonds is 6. The first-order valence-corrected chi connectivity index (χ1v) is 9.87. The van der Waals surface area contributed by atoms with Crippen LogP contribution in [0.1, 0.15) is 29.8 Å². The van der Waals surface area contributed by atoms with E-state index in [9.17, 15) is 9.59 Å². The normalized spacial score (nSPS) is 16.8. The van der Waals surface area contributed by atoms with Gasteiger partial charge < -0.3 is 16.0 Å². The highest BCUT2D eigenvalue weighted by molar-refractivity contribution is 5.82. The molecule has 0 spiro atoms. The largest absolute Gasteiger partial charge is 0.355 e. The number of carbonyl (C=O) groups is 2. The van der Waals surface area contributed by atoms with Gasteiger partial charge in [-0.15, -0.1) is 0 Å². The van der Waals surface area contributed by atoms with Crippen molar-refractivity contribution >= 4 is 11.8 Å². The number of piperidine rings is 1. The van der Waals surface area contributed by atoms with Crippen molar-refractivity contribution in [2.45, 2.75) is 33.1 Å². The van der Waals surface area contributed by atoms with E-state index in [0.717, 1.165) is 35.5 Å². The van der Waals surface area contributed by atoms with E-state index in [1.54, 1.807) is 0 Å². The van der Waals surface area contributed by atoms with Crippen molar-refractivity contribution in [2.24, 2.45) is 11.7 Å². The molecule has 150 valence electrons. The zero-order valence-electron chi connectivity index (χ0n) is 16.6. The molecule has 3 N–H and O–H groups in total. The zero-order chi connectivity index (χ0) is 20.1. The third-order valence-electron chi connectivity index (χ3n) is 5.36. The van der Waals surface area contributed by atoms with Gasteiger partial charge in [0.25, 0.3) is 0 Å². The lowest BCUT2D eigenvalue weighted by Crippen LogP contribution is -2.46. The SMILES string of the molecule is Cc1nn(-c2ccccc2)c(C)c1CC(=O)N1CCCC(C(=O)NCCN)C1. The molecule has 28 heavy (non-hydrogen) atoms. The van der Waals surface area contributed by atoms with Crippen molar-refractivity contribution in [3.8, 4) is 5.69 Å². The van der Waals surface area contributed by atoms with Crippen LogP contribution in [0.3, 0.4) is 0 Å². The molecule has 7 nitrogen and oxygen atoms in total. The summed E-state index contributed by atoms with van der Waals surface area (Å²) < 4.78 is 1.89. The molecule has 0 saturated carbocycles. The third-order valence-corrected chi connectivity index (χ3v) is 5.36. The second-order valence-electron chi connectivity index (χ2n) is 7.33. The second kappa shape index (κ2) is 9.01. The van der Waals surface area contributed by atoms with Crippen LogP contribution in [0.4, 0.5) is 0 Å². The predicted molar refractivity (Wildman–Crippen MR) is 108 cm³/mol. The quantitative estimate of drug-likeness (QED) is 0.787. The highest BCUT2D eigenvalue weighted by Gasteiger charge is 2.29. The number of hydrogen-bond donors (Lipinski definition) is 2. The monoisotopic (exact) mass is 383 g/mol. The lowest BCUT2D eigenvalue weighted by molar-refractivity contribution is -0.135. The topological polar surface area (TPSA) is 93.2 Å². The molecule has 1 unspecified atom stereocenters. The van der Waals surface area contributed by atoms with Gasteiger partial charge in [-0.25, -0.2) is 4.68 Å². The van der Waals surface area contributed by atoms with Gasteiger partial charge in [-0.3, -0.25) is 9.59 Å². The first kappa shape index (κ1) is 20.1. The number of nitrogens with one attached hydrogen (secondary N) is 1. The van der Waals surface area contributed by atoms with Crippen molar-refractivity contribution in [1.82, 2.24) is 20.0 Å². The van der Waals surface area contributed by atoms with E-state index < -0.39 is 0 Å². The van der Waals surface area contributed by atoms with Gasteiger partial charge in [-0.05, 0) is 38.8 Å². The fourth-order valence-corrected chi connectivity index (χ4v) is 3.77. The Labute approximate surface area is 165 Å². The Morgan fingerprint density at radius 2 is 2.00 bits per heavy atom. The number of benzene rings is 1. The molecule has 1 fully saturated rings. The summed E-state index contributed by atoms with van der Waals surface area (Å²) in [6, 6.07) is 9.91. The standard InChI is InChI=1S/C21H29N5O2/c1-15-19(16(2)26(24-15)18-8-4-3-5-9-18)13-20(27)25-12-6-7-17(14-25)21(28)23-11-10-22/h3-5,8-9,17H,6-7,10-14,22H2,1-2H3,(H,23,28). The minimum absolute atomic E-state index is 0.00721. The van der Waals surface area contributed by atoms with Crippen LogP contribution in [-0.4, -0.2) is 52.7 Å². The molecule has 3 rings (SSSR count). The van der Waals surface area contributed by atoms with Crippen LogP contribution in [0.5, 0.6) is 0 Å². The zero-order valence-corrected chi connectivity index (χ0v) is 16.6. The van der Waals surface area contributed by atoms with Gasteiger partial charge in [-0.1, -0.05) is 18.2 Å². The Hall–Kier alpha value is -2.67. The molecule has 1 atom stereocenters. The molecule has 2 amide bonds.